The van der Waals surface area contributed by atoms with E-state index < -0.39 is 37.3 Å². The number of aliphatic hydroxyl groups excluding tert-OH is 4. The van der Waals surface area contributed by atoms with Gasteiger partial charge in [0.15, 0.2) is 0 Å². The van der Waals surface area contributed by atoms with Crippen LogP contribution >= 0.6 is 0 Å². The smallest absolute Gasteiger partial charge is 0.229 e. The Morgan fingerprint density at radius 3 is 2.20 bits per heavy atom. The molecule has 0 unspecified atom stereocenters. The zero-order valence-corrected chi connectivity index (χ0v) is 13.3. The van der Waals surface area contributed by atoms with E-state index in [9.17, 15) is 20.4 Å². The summed E-state index contributed by atoms with van der Waals surface area (Å²) in [4.78, 5) is 0. The lowest BCUT2D eigenvalue weighted by molar-refractivity contribution is -0.277. The highest BCUT2D eigenvalue weighted by molar-refractivity contribution is 5.36. The largest absolute Gasteiger partial charge is 0.462 e. The molecule has 2 aromatic carbocycles. The predicted molar refractivity (Wildman–Crippen MR) is 87.4 cm³/mol. The maximum Gasteiger partial charge on any atom is 0.229 e. The summed E-state index contributed by atoms with van der Waals surface area (Å²) in [5, 5.41) is 38.8. The standard InChI is InChI=1S/C18H20O7/c19-10-14-15(20)16(21)17(22)18(25-14)24-13-8-4-7-12(9-13)23-11-5-2-1-3-6-11/h1-9,14-22H,10H2/t14-,15+,16+,17+,18+/m0/s1. The van der Waals surface area contributed by atoms with E-state index in [2.05, 4.69) is 0 Å². The number of aliphatic hydroxyl groups is 4. The molecule has 134 valence electrons. The fourth-order valence-corrected chi connectivity index (χ4v) is 2.53. The van der Waals surface area contributed by atoms with Gasteiger partial charge in [0, 0.05) is 6.07 Å². The molecule has 7 heteroatoms. The highest BCUT2D eigenvalue weighted by atomic mass is 16.7. The molecule has 0 radical (unpaired) electrons. The van der Waals surface area contributed by atoms with Crippen molar-refractivity contribution in [3.63, 3.8) is 0 Å². The maximum absolute atomic E-state index is 10.0. The fourth-order valence-electron chi connectivity index (χ4n) is 2.53. The van der Waals surface area contributed by atoms with Gasteiger partial charge in [-0.15, -0.1) is 0 Å². The lowest BCUT2D eigenvalue weighted by atomic mass is 9.99. The zero-order valence-electron chi connectivity index (χ0n) is 13.3. The number of rotatable bonds is 5. The molecule has 0 amide bonds. The van der Waals surface area contributed by atoms with Crippen molar-refractivity contribution in [2.24, 2.45) is 0 Å². The highest BCUT2D eigenvalue weighted by Crippen LogP contribution is 2.28. The zero-order chi connectivity index (χ0) is 17.8. The van der Waals surface area contributed by atoms with Crippen LogP contribution in [0.2, 0.25) is 0 Å². The van der Waals surface area contributed by atoms with Gasteiger partial charge in [-0.3, -0.25) is 0 Å². The molecule has 1 fully saturated rings. The van der Waals surface area contributed by atoms with E-state index in [1.807, 2.05) is 30.3 Å². The predicted octanol–water partition coefficient (Wildman–Crippen LogP) is 0.658. The van der Waals surface area contributed by atoms with Crippen LogP contribution in [0.4, 0.5) is 0 Å². The Bertz CT molecular complexity index is 676. The maximum atomic E-state index is 10.0. The Labute approximate surface area is 144 Å². The Morgan fingerprint density at radius 2 is 1.48 bits per heavy atom. The van der Waals surface area contributed by atoms with E-state index >= 15 is 0 Å². The molecule has 1 aliphatic rings. The molecule has 1 aliphatic heterocycles. The Kier molecular flexibility index (Phi) is 5.52. The Hall–Kier alpha value is -2.16. The molecule has 7 nitrogen and oxygen atoms in total. The second kappa shape index (κ2) is 7.81. The number of para-hydroxylation sites is 1. The molecule has 0 spiro atoms. The third-order valence-corrected chi connectivity index (χ3v) is 3.89. The van der Waals surface area contributed by atoms with Crippen LogP contribution in [0.15, 0.2) is 54.6 Å². The first kappa shape index (κ1) is 17.7. The summed E-state index contributed by atoms with van der Waals surface area (Å²) in [5.41, 5.74) is 0. The minimum absolute atomic E-state index is 0.345. The van der Waals surface area contributed by atoms with Crippen LogP contribution in [-0.4, -0.2) is 57.7 Å². The lowest BCUT2D eigenvalue weighted by Crippen LogP contribution is -2.60. The van der Waals surface area contributed by atoms with Crippen LogP contribution in [0.1, 0.15) is 0 Å². The first-order valence-corrected chi connectivity index (χ1v) is 7.88. The van der Waals surface area contributed by atoms with Gasteiger partial charge < -0.3 is 34.6 Å². The molecule has 5 atom stereocenters. The van der Waals surface area contributed by atoms with Crippen molar-refractivity contribution in [1.29, 1.82) is 0 Å². The molecule has 3 rings (SSSR count). The van der Waals surface area contributed by atoms with E-state index in [1.165, 1.54) is 0 Å². The van der Waals surface area contributed by atoms with Crippen LogP contribution in [0.25, 0.3) is 0 Å². The molecular weight excluding hydrogens is 328 g/mol. The SMILES string of the molecule is OC[C@@H]1O[C@@H](Oc2cccc(Oc3ccccc3)c2)[C@H](O)[C@H](O)[C@@H]1O. The van der Waals surface area contributed by atoms with Gasteiger partial charge in [-0.05, 0) is 24.3 Å². The first-order chi connectivity index (χ1) is 12.1. The van der Waals surface area contributed by atoms with E-state index in [4.69, 9.17) is 14.2 Å². The van der Waals surface area contributed by atoms with E-state index in [0.717, 1.165) is 0 Å². The second-order valence-corrected chi connectivity index (χ2v) is 5.71. The van der Waals surface area contributed by atoms with Crippen LogP contribution < -0.4 is 9.47 Å². The van der Waals surface area contributed by atoms with Crippen molar-refractivity contribution in [3.8, 4) is 17.2 Å². The summed E-state index contributed by atoms with van der Waals surface area (Å²) >= 11 is 0. The average molecular weight is 348 g/mol. The first-order valence-electron chi connectivity index (χ1n) is 7.88. The van der Waals surface area contributed by atoms with Gasteiger partial charge in [-0.2, -0.15) is 0 Å². The summed E-state index contributed by atoms with van der Waals surface area (Å²) in [6.07, 6.45) is -6.63. The van der Waals surface area contributed by atoms with Gasteiger partial charge in [0.05, 0.1) is 6.61 Å². The van der Waals surface area contributed by atoms with Gasteiger partial charge in [-0.25, -0.2) is 0 Å². The van der Waals surface area contributed by atoms with E-state index in [1.54, 1.807) is 24.3 Å². The molecule has 1 saturated heterocycles. The molecule has 0 aliphatic carbocycles. The molecule has 2 aromatic rings. The Balaban J connectivity index is 1.71. The molecule has 0 bridgehead atoms. The number of hydrogen-bond acceptors (Lipinski definition) is 7. The topological polar surface area (TPSA) is 109 Å². The van der Waals surface area contributed by atoms with E-state index in [-0.39, 0.29) is 0 Å². The minimum Gasteiger partial charge on any atom is -0.462 e. The monoisotopic (exact) mass is 348 g/mol. The molecular formula is C18H20O7. The summed E-state index contributed by atoms with van der Waals surface area (Å²) in [6, 6.07) is 15.9. The van der Waals surface area contributed by atoms with Crippen LogP contribution in [0.5, 0.6) is 17.2 Å². The van der Waals surface area contributed by atoms with E-state index in [0.29, 0.717) is 17.2 Å². The van der Waals surface area contributed by atoms with Crippen LogP contribution in [0.3, 0.4) is 0 Å². The van der Waals surface area contributed by atoms with Crippen LogP contribution in [0, 0.1) is 0 Å². The van der Waals surface area contributed by atoms with Gasteiger partial charge in [0.25, 0.3) is 0 Å². The quantitative estimate of drug-likeness (QED) is 0.628. The molecule has 0 saturated carbocycles. The molecule has 25 heavy (non-hydrogen) atoms. The minimum atomic E-state index is -1.49. The van der Waals surface area contributed by atoms with Crippen molar-refractivity contribution < 1.29 is 34.6 Å². The second-order valence-electron chi connectivity index (χ2n) is 5.71. The average Bonchev–Trinajstić information content (AvgIpc) is 2.63. The number of benzene rings is 2. The van der Waals surface area contributed by atoms with Crippen molar-refractivity contribution >= 4 is 0 Å². The summed E-state index contributed by atoms with van der Waals surface area (Å²) in [6.45, 7) is -0.512. The molecule has 1 heterocycles. The fraction of sp³-hybridized carbons (Fsp3) is 0.333. The van der Waals surface area contributed by atoms with Gasteiger partial charge in [0.1, 0.15) is 41.7 Å². The number of ether oxygens (including phenoxy) is 3. The summed E-state index contributed by atoms with van der Waals surface area (Å²) < 4.78 is 16.6. The normalized spacial score (nSPS) is 29.2. The highest BCUT2D eigenvalue weighted by Gasteiger charge is 2.44. The van der Waals surface area contributed by atoms with Crippen molar-refractivity contribution in [3.05, 3.63) is 54.6 Å². The van der Waals surface area contributed by atoms with Gasteiger partial charge in [-0.1, -0.05) is 24.3 Å². The van der Waals surface area contributed by atoms with Crippen molar-refractivity contribution in [1.82, 2.24) is 0 Å². The number of hydrogen-bond donors (Lipinski definition) is 4. The molecule has 0 aromatic heterocycles. The summed E-state index contributed by atoms with van der Waals surface area (Å²) in [5.74, 6) is 1.53. The molecule has 4 N–H and O–H groups in total. The Morgan fingerprint density at radius 1 is 0.800 bits per heavy atom. The summed E-state index contributed by atoms with van der Waals surface area (Å²) in [7, 11) is 0. The lowest BCUT2D eigenvalue weighted by Gasteiger charge is -2.39. The van der Waals surface area contributed by atoms with Crippen molar-refractivity contribution in [2.45, 2.75) is 30.7 Å². The third kappa shape index (κ3) is 4.09. The van der Waals surface area contributed by atoms with Gasteiger partial charge in [0.2, 0.25) is 6.29 Å². The third-order valence-electron chi connectivity index (χ3n) is 3.89. The van der Waals surface area contributed by atoms with Gasteiger partial charge >= 0.3 is 0 Å². The van der Waals surface area contributed by atoms with Crippen molar-refractivity contribution in [2.75, 3.05) is 6.61 Å². The van der Waals surface area contributed by atoms with Crippen LogP contribution in [-0.2, 0) is 4.74 Å².